The zero-order valence-electron chi connectivity index (χ0n) is 10.1. The van der Waals surface area contributed by atoms with E-state index in [1.165, 1.54) is 12.1 Å². The van der Waals surface area contributed by atoms with Gasteiger partial charge in [0.05, 0.1) is 0 Å². The fourth-order valence-electron chi connectivity index (χ4n) is 2.58. The predicted molar refractivity (Wildman–Crippen MR) is 65.6 cm³/mol. The van der Waals surface area contributed by atoms with E-state index >= 15 is 0 Å². The second-order valence-corrected chi connectivity index (χ2v) is 4.72. The van der Waals surface area contributed by atoms with Crippen molar-refractivity contribution >= 4 is 5.78 Å². The molecule has 1 aliphatic heterocycles. The molecule has 2 rings (SSSR count). The summed E-state index contributed by atoms with van der Waals surface area (Å²) in [5, 5.41) is 3.27. The number of halogens is 1. The quantitative estimate of drug-likeness (QED) is 0.816. The fourth-order valence-corrected chi connectivity index (χ4v) is 2.58. The van der Waals surface area contributed by atoms with Crippen molar-refractivity contribution < 1.29 is 9.18 Å². The number of hydrogen-bond acceptors (Lipinski definition) is 2. The number of Topliss-reactive ketones (excluding diaryl/α,β-unsaturated/α-hetero) is 1. The highest BCUT2D eigenvalue weighted by molar-refractivity contribution is 6.00. The van der Waals surface area contributed by atoms with E-state index in [4.69, 9.17) is 0 Å². The van der Waals surface area contributed by atoms with Crippen LogP contribution < -0.4 is 5.32 Å². The van der Waals surface area contributed by atoms with Gasteiger partial charge in [-0.05, 0) is 44.5 Å². The van der Waals surface area contributed by atoms with Crippen molar-refractivity contribution in [1.82, 2.24) is 5.32 Å². The Morgan fingerprint density at radius 3 is 2.71 bits per heavy atom. The molecule has 2 nitrogen and oxygen atoms in total. The number of hydrogen-bond donors (Lipinski definition) is 1. The summed E-state index contributed by atoms with van der Waals surface area (Å²) in [7, 11) is 0. The molecule has 92 valence electrons. The highest BCUT2D eigenvalue weighted by Gasteiger charge is 2.38. The standard InChI is InChI=1S/C14H18FNO/c1-2-14(6-8-16-9-7-14)13(17)11-4-3-5-12(15)10-11/h3-5,10,16H,2,6-9H2,1H3. The largest absolute Gasteiger partial charge is 0.317 e. The van der Waals surface area contributed by atoms with Crippen LogP contribution in [0.1, 0.15) is 36.5 Å². The van der Waals surface area contributed by atoms with E-state index in [0.717, 1.165) is 32.4 Å². The second kappa shape index (κ2) is 4.96. The average Bonchev–Trinajstić information content (AvgIpc) is 2.38. The average molecular weight is 235 g/mol. The summed E-state index contributed by atoms with van der Waals surface area (Å²) in [6.45, 7) is 3.78. The number of ketones is 1. The number of benzene rings is 1. The SMILES string of the molecule is CCC1(C(=O)c2cccc(F)c2)CCNCC1. The maximum atomic E-state index is 13.2. The van der Waals surface area contributed by atoms with Crippen LogP contribution in [-0.2, 0) is 0 Å². The minimum atomic E-state index is -0.337. The zero-order valence-corrected chi connectivity index (χ0v) is 10.1. The van der Waals surface area contributed by atoms with E-state index in [-0.39, 0.29) is 17.0 Å². The lowest BCUT2D eigenvalue weighted by Crippen LogP contribution is -2.41. The Hall–Kier alpha value is -1.22. The summed E-state index contributed by atoms with van der Waals surface area (Å²) >= 11 is 0. The molecular formula is C14H18FNO. The highest BCUT2D eigenvalue weighted by atomic mass is 19.1. The molecule has 1 aromatic carbocycles. The van der Waals surface area contributed by atoms with Crippen LogP contribution >= 0.6 is 0 Å². The van der Waals surface area contributed by atoms with Crippen molar-refractivity contribution in [2.24, 2.45) is 5.41 Å². The summed E-state index contributed by atoms with van der Waals surface area (Å²) in [5.74, 6) is -0.239. The van der Waals surface area contributed by atoms with Gasteiger partial charge in [-0.15, -0.1) is 0 Å². The Bertz CT molecular complexity index is 410. The molecule has 0 aliphatic carbocycles. The molecule has 0 radical (unpaired) electrons. The molecule has 0 atom stereocenters. The molecule has 17 heavy (non-hydrogen) atoms. The smallest absolute Gasteiger partial charge is 0.169 e. The van der Waals surface area contributed by atoms with Gasteiger partial charge < -0.3 is 5.32 Å². The van der Waals surface area contributed by atoms with Crippen molar-refractivity contribution in [1.29, 1.82) is 0 Å². The Morgan fingerprint density at radius 1 is 1.41 bits per heavy atom. The van der Waals surface area contributed by atoms with Gasteiger partial charge in [-0.2, -0.15) is 0 Å². The van der Waals surface area contributed by atoms with Crippen molar-refractivity contribution in [3.05, 3.63) is 35.6 Å². The fraction of sp³-hybridized carbons (Fsp3) is 0.500. The molecule has 1 aliphatic rings. The van der Waals surface area contributed by atoms with Crippen LogP contribution in [0, 0.1) is 11.2 Å². The first-order valence-corrected chi connectivity index (χ1v) is 6.19. The molecule has 1 fully saturated rings. The third-order valence-corrected chi connectivity index (χ3v) is 3.81. The van der Waals surface area contributed by atoms with Crippen LogP contribution in [0.5, 0.6) is 0 Å². The summed E-state index contributed by atoms with van der Waals surface area (Å²) in [6, 6.07) is 6.04. The van der Waals surface area contributed by atoms with Crippen LogP contribution in [0.25, 0.3) is 0 Å². The molecule has 1 N–H and O–H groups in total. The van der Waals surface area contributed by atoms with E-state index in [1.54, 1.807) is 12.1 Å². The molecule has 1 aromatic rings. The van der Waals surface area contributed by atoms with Crippen LogP contribution in [0.15, 0.2) is 24.3 Å². The lowest BCUT2D eigenvalue weighted by molar-refractivity contribution is 0.0717. The van der Waals surface area contributed by atoms with E-state index in [0.29, 0.717) is 5.56 Å². The number of carbonyl (C=O) groups excluding carboxylic acids is 1. The van der Waals surface area contributed by atoms with Gasteiger partial charge in [-0.1, -0.05) is 19.1 Å². The van der Waals surface area contributed by atoms with E-state index in [9.17, 15) is 9.18 Å². The minimum absolute atomic E-state index is 0.0981. The first-order valence-electron chi connectivity index (χ1n) is 6.19. The molecule has 1 saturated heterocycles. The van der Waals surface area contributed by atoms with Gasteiger partial charge in [-0.25, -0.2) is 4.39 Å². The number of nitrogens with one attached hydrogen (secondary N) is 1. The van der Waals surface area contributed by atoms with Crippen LogP contribution in [0.4, 0.5) is 4.39 Å². The highest BCUT2D eigenvalue weighted by Crippen LogP contribution is 2.36. The topological polar surface area (TPSA) is 29.1 Å². The maximum Gasteiger partial charge on any atom is 0.169 e. The monoisotopic (exact) mass is 235 g/mol. The summed E-state index contributed by atoms with van der Waals surface area (Å²) < 4.78 is 13.2. The lowest BCUT2D eigenvalue weighted by atomic mass is 9.71. The van der Waals surface area contributed by atoms with Crippen molar-refractivity contribution in [2.75, 3.05) is 13.1 Å². The molecule has 3 heteroatoms. The number of carbonyl (C=O) groups is 1. The third kappa shape index (κ3) is 2.39. The molecule has 0 amide bonds. The van der Waals surface area contributed by atoms with Crippen LogP contribution in [0.3, 0.4) is 0 Å². The minimum Gasteiger partial charge on any atom is -0.317 e. The zero-order chi connectivity index (χ0) is 12.3. The number of rotatable bonds is 3. The molecule has 0 spiro atoms. The van der Waals surface area contributed by atoms with Crippen molar-refractivity contribution in [2.45, 2.75) is 26.2 Å². The molecule has 0 aromatic heterocycles. The van der Waals surface area contributed by atoms with Gasteiger partial charge in [-0.3, -0.25) is 4.79 Å². The first kappa shape index (κ1) is 12.2. The second-order valence-electron chi connectivity index (χ2n) is 4.72. The Morgan fingerprint density at radius 2 is 2.12 bits per heavy atom. The van der Waals surface area contributed by atoms with Gasteiger partial charge in [0.25, 0.3) is 0 Å². The van der Waals surface area contributed by atoms with Gasteiger partial charge in [0.15, 0.2) is 5.78 Å². The Balaban J connectivity index is 2.28. The van der Waals surface area contributed by atoms with E-state index in [2.05, 4.69) is 5.32 Å². The molecule has 0 unspecified atom stereocenters. The third-order valence-electron chi connectivity index (χ3n) is 3.81. The summed E-state index contributed by atoms with van der Waals surface area (Å²) in [6.07, 6.45) is 2.52. The normalized spacial score (nSPS) is 18.9. The molecule has 0 bridgehead atoms. The van der Waals surface area contributed by atoms with Crippen molar-refractivity contribution in [3.63, 3.8) is 0 Å². The van der Waals surface area contributed by atoms with Gasteiger partial charge in [0.1, 0.15) is 5.82 Å². The van der Waals surface area contributed by atoms with E-state index in [1.807, 2.05) is 6.92 Å². The van der Waals surface area contributed by atoms with Crippen molar-refractivity contribution in [3.8, 4) is 0 Å². The first-order chi connectivity index (χ1) is 8.18. The summed E-state index contributed by atoms with van der Waals surface area (Å²) in [5.41, 5.74) is 0.215. The van der Waals surface area contributed by atoms with Crippen LogP contribution in [0.2, 0.25) is 0 Å². The van der Waals surface area contributed by atoms with E-state index < -0.39 is 0 Å². The number of piperidine rings is 1. The molecular weight excluding hydrogens is 217 g/mol. The Labute approximate surface area is 101 Å². The Kier molecular flexibility index (Phi) is 3.57. The maximum absolute atomic E-state index is 13.2. The van der Waals surface area contributed by atoms with Gasteiger partial charge in [0.2, 0.25) is 0 Å². The van der Waals surface area contributed by atoms with Crippen LogP contribution in [-0.4, -0.2) is 18.9 Å². The molecule has 1 heterocycles. The lowest BCUT2D eigenvalue weighted by Gasteiger charge is -2.35. The summed E-state index contributed by atoms with van der Waals surface area (Å²) in [4.78, 5) is 12.5. The molecule has 0 saturated carbocycles. The van der Waals surface area contributed by atoms with Gasteiger partial charge >= 0.3 is 0 Å². The predicted octanol–water partition coefficient (Wildman–Crippen LogP) is 2.79. The van der Waals surface area contributed by atoms with Gasteiger partial charge in [0, 0.05) is 11.0 Å².